The number of carbonyl (C=O) groups is 1. The lowest BCUT2D eigenvalue weighted by molar-refractivity contribution is -0.113. The molecule has 1 N–H and O–H groups in total. The molecule has 1 aliphatic rings. The third-order valence-corrected chi connectivity index (χ3v) is 7.39. The van der Waals surface area contributed by atoms with E-state index in [-0.39, 0.29) is 11.7 Å². The molecule has 0 saturated heterocycles. The molecular formula is C19H16N4OS3. The second kappa shape index (κ2) is 8.30. The van der Waals surface area contributed by atoms with Gasteiger partial charge in [-0.1, -0.05) is 23.9 Å². The number of hydrogen-bond acceptors (Lipinski definition) is 7. The van der Waals surface area contributed by atoms with Crippen molar-refractivity contribution in [2.75, 3.05) is 16.8 Å². The second-order valence-electron chi connectivity index (χ2n) is 6.00. The van der Waals surface area contributed by atoms with Crippen molar-refractivity contribution in [3.63, 3.8) is 0 Å². The normalized spacial score (nSPS) is 12.7. The summed E-state index contributed by atoms with van der Waals surface area (Å²) in [5, 5.41) is 13.8. The number of nitrogens with zero attached hydrogens (tertiary/aromatic N) is 3. The summed E-state index contributed by atoms with van der Waals surface area (Å²) in [7, 11) is 0. The van der Waals surface area contributed by atoms with Crippen LogP contribution >= 0.6 is 34.9 Å². The monoisotopic (exact) mass is 412 g/mol. The molecule has 0 radical (unpaired) electrons. The smallest absolute Gasteiger partial charge is 0.234 e. The molecule has 2 heterocycles. The number of anilines is 1. The van der Waals surface area contributed by atoms with Crippen LogP contribution in [0.2, 0.25) is 0 Å². The van der Waals surface area contributed by atoms with Gasteiger partial charge < -0.3 is 5.32 Å². The minimum atomic E-state index is -0.0800. The summed E-state index contributed by atoms with van der Waals surface area (Å²) in [6, 6.07) is 9.66. The van der Waals surface area contributed by atoms with Gasteiger partial charge in [0.05, 0.1) is 23.3 Å². The van der Waals surface area contributed by atoms with Crippen LogP contribution in [0, 0.1) is 11.3 Å². The van der Waals surface area contributed by atoms with E-state index in [0.29, 0.717) is 5.75 Å². The van der Waals surface area contributed by atoms with Gasteiger partial charge in [0.25, 0.3) is 0 Å². The van der Waals surface area contributed by atoms with Gasteiger partial charge in [0.1, 0.15) is 16.2 Å². The fraction of sp³-hybridized carbons (Fsp3) is 0.263. The number of rotatable bonds is 6. The zero-order valence-corrected chi connectivity index (χ0v) is 16.8. The minimum Gasteiger partial charge on any atom is -0.324 e. The zero-order chi connectivity index (χ0) is 18.6. The standard InChI is InChI=1S/C19H16N4OS3/c20-8-9-25-15-6-2-1-5-13(15)23-16(24)10-26-18-17-12-4-3-7-14(12)27-19(17)22-11-21-18/h1-2,5-6,11H,3-4,7,9-10H2,(H,23,24). The molecule has 1 amide bonds. The lowest BCUT2D eigenvalue weighted by Gasteiger charge is -2.09. The van der Waals surface area contributed by atoms with E-state index in [1.807, 2.05) is 24.3 Å². The Morgan fingerprint density at radius 3 is 3.04 bits per heavy atom. The Bertz CT molecular complexity index is 1040. The summed E-state index contributed by atoms with van der Waals surface area (Å²) < 4.78 is 0. The molecule has 1 aromatic carbocycles. The van der Waals surface area contributed by atoms with Crippen LogP contribution in [-0.4, -0.2) is 27.4 Å². The molecular weight excluding hydrogens is 396 g/mol. The lowest BCUT2D eigenvalue weighted by Crippen LogP contribution is -2.14. The first-order valence-corrected chi connectivity index (χ1v) is 11.3. The van der Waals surface area contributed by atoms with E-state index >= 15 is 0 Å². The third-order valence-electron chi connectivity index (χ3n) is 4.26. The predicted octanol–water partition coefficient (Wildman–Crippen LogP) is 4.53. The van der Waals surface area contributed by atoms with E-state index in [0.717, 1.165) is 38.7 Å². The van der Waals surface area contributed by atoms with Crippen molar-refractivity contribution < 1.29 is 4.79 Å². The molecule has 0 aliphatic heterocycles. The highest BCUT2D eigenvalue weighted by Gasteiger charge is 2.21. The number of aryl methyl sites for hydroxylation is 2. The van der Waals surface area contributed by atoms with E-state index < -0.39 is 0 Å². The number of hydrogen-bond donors (Lipinski definition) is 1. The van der Waals surface area contributed by atoms with Gasteiger partial charge in [0.15, 0.2) is 0 Å². The average molecular weight is 413 g/mol. The molecule has 1 aliphatic carbocycles. The minimum absolute atomic E-state index is 0.0800. The Morgan fingerprint density at radius 1 is 1.26 bits per heavy atom. The molecule has 0 bridgehead atoms. The summed E-state index contributed by atoms with van der Waals surface area (Å²) in [4.78, 5) is 24.7. The number of para-hydroxylation sites is 1. The van der Waals surface area contributed by atoms with Crippen LogP contribution in [0.4, 0.5) is 5.69 Å². The molecule has 0 atom stereocenters. The first-order chi connectivity index (χ1) is 13.3. The first-order valence-electron chi connectivity index (χ1n) is 8.53. The van der Waals surface area contributed by atoms with E-state index in [4.69, 9.17) is 5.26 Å². The number of benzene rings is 1. The van der Waals surface area contributed by atoms with Crippen molar-refractivity contribution in [3.05, 3.63) is 41.0 Å². The summed E-state index contributed by atoms with van der Waals surface area (Å²) in [5.41, 5.74) is 2.12. The molecule has 5 nitrogen and oxygen atoms in total. The number of amides is 1. The molecule has 2 aromatic heterocycles. The molecule has 0 saturated carbocycles. The van der Waals surface area contributed by atoms with E-state index in [2.05, 4.69) is 21.4 Å². The maximum Gasteiger partial charge on any atom is 0.234 e. The van der Waals surface area contributed by atoms with Gasteiger partial charge in [-0.25, -0.2) is 9.97 Å². The molecule has 0 fully saturated rings. The Hall–Kier alpha value is -2.08. The van der Waals surface area contributed by atoms with E-state index in [1.165, 1.54) is 40.4 Å². The van der Waals surface area contributed by atoms with E-state index in [1.54, 1.807) is 17.7 Å². The predicted molar refractivity (Wildman–Crippen MR) is 112 cm³/mol. The molecule has 136 valence electrons. The highest BCUT2D eigenvalue weighted by Crippen LogP contribution is 2.40. The highest BCUT2D eigenvalue weighted by molar-refractivity contribution is 8.00. The maximum absolute atomic E-state index is 12.5. The number of aromatic nitrogens is 2. The number of nitrogens with one attached hydrogen (secondary N) is 1. The van der Waals surface area contributed by atoms with Crippen molar-refractivity contribution in [2.45, 2.75) is 29.2 Å². The van der Waals surface area contributed by atoms with Gasteiger partial charge >= 0.3 is 0 Å². The van der Waals surface area contributed by atoms with Crippen LogP contribution in [0.3, 0.4) is 0 Å². The fourth-order valence-electron chi connectivity index (χ4n) is 3.14. The number of nitriles is 1. The quantitative estimate of drug-likeness (QED) is 0.473. The van der Waals surface area contributed by atoms with Crippen LogP contribution in [0.15, 0.2) is 40.5 Å². The SMILES string of the molecule is N#CCSc1ccccc1NC(=O)CSc1ncnc2sc3c(c12)CCC3. The first kappa shape index (κ1) is 18.3. The molecule has 3 aromatic rings. The molecule has 4 rings (SSSR count). The number of carbonyl (C=O) groups excluding carboxylic acids is 1. The lowest BCUT2D eigenvalue weighted by atomic mass is 10.2. The Morgan fingerprint density at radius 2 is 2.15 bits per heavy atom. The van der Waals surface area contributed by atoms with Gasteiger partial charge in [-0.2, -0.15) is 5.26 Å². The number of thioether (sulfide) groups is 2. The summed E-state index contributed by atoms with van der Waals surface area (Å²) in [6.45, 7) is 0. The van der Waals surface area contributed by atoms with Crippen LogP contribution in [0.5, 0.6) is 0 Å². The van der Waals surface area contributed by atoms with E-state index in [9.17, 15) is 4.79 Å². The van der Waals surface area contributed by atoms with Gasteiger partial charge in [-0.3, -0.25) is 4.79 Å². The largest absolute Gasteiger partial charge is 0.324 e. The summed E-state index contributed by atoms with van der Waals surface area (Å²) >= 11 is 4.63. The number of thiophene rings is 1. The fourth-order valence-corrected chi connectivity index (χ4v) is 5.92. The van der Waals surface area contributed by atoms with Crippen molar-refractivity contribution in [1.29, 1.82) is 5.26 Å². The third kappa shape index (κ3) is 3.95. The summed E-state index contributed by atoms with van der Waals surface area (Å²) in [5.74, 6) is 0.557. The van der Waals surface area contributed by atoms with Gasteiger partial charge in [0.2, 0.25) is 5.91 Å². The second-order valence-corrected chi connectivity index (χ2v) is 9.06. The van der Waals surface area contributed by atoms with Crippen LogP contribution in [0.25, 0.3) is 10.2 Å². The zero-order valence-electron chi connectivity index (χ0n) is 14.4. The van der Waals surface area contributed by atoms with Gasteiger partial charge in [0, 0.05) is 15.2 Å². The highest BCUT2D eigenvalue weighted by atomic mass is 32.2. The van der Waals surface area contributed by atoms with Crippen molar-refractivity contribution in [3.8, 4) is 6.07 Å². The average Bonchev–Trinajstić information content (AvgIpc) is 3.27. The molecule has 27 heavy (non-hydrogen) atoms. The summed E-state index contributed by atoms with van der Waals surface area (Å²) in [6.07, 6.45) is 4.97. The van der Waals surface area contributed by atoms with Crippen molar-refractivity contribution in [1.82, 2.24) is 9.97 Å². The Kier molecular flexibility index (Phi) is 5.62. The molecule has 0 unspecified atom stereocenters. The Balaban J connectivity index is 1.46. The molecule has 0 spiro atoms. The topological polar surface area (TPSA) is 78.7 Å². The van der Waals surface area contributed by atoms with Crippen molar-refractivity contribution >= 4 is 56.7 Å². The maximum atomic E-state index is 12.5. The van der Waals surface area contributed by atoms with Crippen LogP contribution in [-0.2, 0) is 17.6 Å². The molecule has 8 heteroatoms. The van der Waals surface area contributed by atoms with Crippen LogP contribution < -0.4 is 5.32 Å². The van der Waals surface area contributed by atoms with Gasteiger partial charge in [-0.05, 0) is 37.0 Å². The van der Waals surface area contributed by atoms with Gasteiger partial charge in [-0.15, -0.1) is 23.1 Å². The number of fused-ring (bicyclic) bond motifs is 3. The van der Waals surface area contributed by atoms with Crippen LogP contribution in [0.1, 0.15) is 16.9 Å². The Labute approximate surface area is 169 Å². The van der Waals surface area contributed by atoms with Crippen molar-refractivity contribution in [2.24, 2.45) is 0 Å².